The van der Waals surface area contributed by atoms with Gasteiger partial charge in [0.1, 0.15) is 6.07 Å². The summed E-state index contributed by atoms with van der Waals surface area (Å²) in [5, 5.41) is 9.22. The molecule has 1 aromatic rings. The molecule has 18 heavy (non-hydrogen) atoms. The van der Waals surface area contributed by atoms with Crippen LogP contribution in [0, 0.1) is 11.3 Å². The molecule has 0 spiro atoms. The van der Waals surface area contributed by atoms with Crippen LogP contribution in [-0.4, -0.2) is 25.1 Å². The molecule has 1 aromatic carbocycles. The van der Waals surface area contributed by atoms with Crippen LogP contribution in [0.15, 0.2) is 18.2 Å². The second kappa shape index (κ2) is 7.30. The zero-order valence-electron chi connectivity index (χ0n) is 11.3. The lowest BCUT2D eigenvalue weighted by atomic mass is 10.1. The Hall–Kier alpha value is -1.18. The van der Waals surface area contributed by atoms with Crippen LogP contribution >= 0.6 is 11.8 Å². The van der Waals surface area contributed by atoms with Gasteiger partial charge in [0.25, 0.3) is 0 Å². The van der Waals surface area contributed by atoms with E-state index < -0.39 is 0 Å². The van der Waals surface area contributed by atoms with Crippen molar-refractivity contribution >= 4 is 17.4 Å². The van der Waals surface area contributed by atoms with E-state index in [1.54, 1.807) is 0 Å². The Kier molecular flexibility index (Phi) is 6.03. The number of rotatable bonds is 6. The van der Waals surface area contributed by atoms with Gasteiger partial charge in [-0.1, -0.05) is 6.07 Å². The molecule has 0 fully saturated rings. The zero-order chi connectivity index (χ0) is 13.5. The van der Waals surface area contributed by atoms with E-state index in [9.17, 15) is 5.26 Å². The monoisotopic (exact) mass is 263 g/mol. The number of nitrogens with zero attached hydrogens (tertiary/aromatic N) is 2. The van der Waals surface area contributed by atoms with E-state index in [0.29, 0.717) is 18.2 Å². The third-order valence-corrected chi connectivity index (χ3v) is 3.84. The van der Waals surface area contributed by atoms with Crippen molar-refractivity contribution in [3.63, 3.8) is 0 Å². The molecule has 0 saturated carbocycles. The van der Waals surface area contributed by atoms with E-state index in [1.807, 2.05) is 37.0 Å². The Bertz CT molecular complexity index is 426. The molecular formula is C14H21N3S. The molecule has 0 radical (unpaired) electrons. The second-order valence-corrected chi connectivity index (χ2v) is 5.39. The van der Waals surface area contributed by atoms with E-state index >= 15 is 0 Å². The smallest absolute Gasteiger partial charge is 0.101 e. The normalized spacial score (nSPS) is 11.9. The van der Waals surface area contributed by atoms with Crippen LogP contribution in [0.5, 0.6) is 0 Å². The summed E-state index contributed by atoms with van der Waals surface area (Å²) < 4.78 is 0. The lowest BCUT2D eigenvalue weighted by Crippen LogP contribution is -2.30. The molecule has 2 N–H and O–H groups in total. The summed E-state index contributed by atoms with van der Waals surface area (Å²) in [5.41, 5.74) is 8.29. The summed E-state index contributed by atoms with van der Waals surface area (Å²) in [4.78, 5) is 2.18. The Morgan fingerprint density at radius 2 is 2.22 bits per heavy atom. The maximum Gasteiger partial charge on any atom is 0.101 e. The van der Waals surface area contributed by atoms with Crippen molar-refractivity contribution in [3.05, 3.63) is 29.3 Å². The summed E-state index contributed by atoms with van der Waals surface area (Å²) in [6, 6.07) is 8.56. The van der Waals surface area contributed by atoms with Gasteiger partial charge in [0, 0.05) is 19.6 Å². The molecule has 3 nitrogen and oxygen atoms in total. The first-order valence-electron chi connectivity index (χ1n) is 6.08. The third-order valence-electron chi connectivity index (χ3n) is 3.20. The largest absolute Gasteiger partial charge is 0.371 e. The molecule has 1 rings (SSSR count). The van der Waals surface area contributed by atoms with E-state index in [1.165, 1.54) is 0 Å². The highest BCUT2D eigenvalue weighted by Gasteiger charge is 2.13. The molecule has 4 heteroatoms. The number of nitriles is 1. The second-order valence-electron chi connectivity index (χ2n) is 4.41. The minimum Gasteiger partial charge on any atom is -0.371 e. The van der Waals surface area contributed by atoms with Crippen LogP contribution < -0.4 is 10.6 Å². The van der Waals surface area contributed by atoms with Gasteiger partial charge in [-0.2, -0.15) is 17.0 Å². The fraction of sp³-hybridized carbons (Fsp3) is 0.500. The van der Waals surface area contributed by atoms with Crippen molar-refractivity contribution in [1.29, 1.82) is 5.26 Å². The van der Waals surface area contributed by atoms with E-state index in [2.05, 4.69) is 24.1 Å². The Morgan fingerprint density at radius 3 is 2.78 bits per heavy atom. The first-order valence-corrected chi connectivity index (χ1v) is 7.48. The molecule has 0 aliphatic carbocycles. The predicted octanol–water partition coefficient (Wildman–Crippen LogP) is 2.59. The summed E-state index contributed by atoms with van der Waals surface area (Å²) in [6.07, 6.45) is 3.23. The topological polar surface area (TPSA) is 53.0 Å². The molecule has 0 bridgehead atoms. The van der Waals surface area contributed by atoms with Crippen molar-refractivity contribution in [2.45, 2.75) is 25.9 Å². The van der Waals surface area contributed by atoms with Gasteiger partial charge >= 0.3 is 0 Å². The van der Waals surface area contributed by atoms with E-state index in [4.69, 9.17) is 5.73 Å². The van der Waals surface area contributed by atoms with Crippen molar-refractivity contribution in [1.82, 2.24) is 0 Å². The predicted molar refractivity (Wildman–Crippen MR) is 79.9 cm³/mol. The number of nitrogens with two attached hydrogens (primary N) is 1. The van der Waals surface area contributed by atoms with Gasteiger partial charge in [0.05, 0.1) is 11.3 Å². The molecule has 0 aliphatic rings. The summed E-state index contributed by atoms with van der Waals surface area (Å²) in [6.45, 7) is 2.66. The van der Waals surface area contributed by atoms with Gasteiger partial charge in [0.2, 0.25) is 0 Å². The standard InChI is InChI=1S/C14H21N3S/c1-11(6-7-18-3)17(2)14-5-4-12(9-15)8-13(14)10-16/h4-5,8,11H,6-7,9,15H2,1-3H3. The van der Waals surface area contributed by atoms with Crippen molar-refractivity contribution in [2.24, 2.45) is 5.73 Å². The molecule has 0 amide bonds. The number of hydrogen-bond acceptors (Lipinski definition) is 4. The SMILES string of the molecule is CSCCC(C)N(C)c1ccc(CN)cc1C#N. The molecular weight excluding hydrogens is 242 g/mol. The molecule has 1 unspecified atom stereocenters. The average molecular weight is 263 g/mol. The lowest BCUT2D eigenvalue weighted by molar-refractivity contribution is 0.668. The van der Waals surface area contributed by atoms with Crippen LogP contribution in [0.3, 0.4) is 0 Å². The summed E-state index contributed by atoms with van der Waals surface area (Å²) >= 11 is 1.85. The molecule has 1 atom stereocenters. The van der Waals surface area contributed by atoms with Gasteiger partial charge in [-0.3, -0.25) is 0 Å². The van der Waals surface area contributed by atoms with E-state index in [0.717, 1.165) is 23.4 Å². The number of hydrogen-bond donors (Lipinski definition) is 1. The number of benzene rings is 1. The van der Waals surface area contributed by atoms with E-state index in [-0.39, 0.29) is 0 Å². The number of anilines is 1. The number of thioether (sulfide) groups is 1. The van der Waals surface area contributed by atoms with Gasteiger partial charge in [-0.05, 0) is 43.0 Å². The third kappa shape index (κ3) is 3.66. The Morgan fingerprint density at radius 1 is 1.50 bits per heavy atom. The maximum absolute atomic E-state index is 9.22. The van der Waals surface area contributed by atoms with Gasteiger partial charge in [-0.25, -0.2) is 0 Å². The first kappa shape index (κ1) is 14.9. The zero-order valence-corrected chi connectivity index (χ0v) is 12.1. The van der Waals surface area contributed by atoms with Gasteiger partial charge in [0.15, 0.2) is 0 Å². The van der Waals surface area contributed by atoms with Crippen LogP contribution in [0.4, 0.5) is 5.69 Å². The average Bonchev–Trinajstić information content (AvgIpc) is 2.43. The minimum absolute atomic E-state index is 0.424. The fourth-order valence-electron chi connectivity index (χ4n) is 1.83. The van der Waals surface area contributed by atoms with Crippen molar-refractivity contribution < 1.29 is 0 Å². The molecule has 98 valence electrons. The maximum atomic E-state index is 9.22. The lowest BCUT2D eigenvalue weighted by Gasteiger charge is -2.28. The minimum atomic E-state index is 0.424. The molecule has 0 saturated heterocycles. The Labute approximate surface area is 114 Å². The highest BCUT2D eigenvalue weighted by Crippen LogP contribution is 2.23. The molecule has 0 heterocycles. The fourth-order valence-corrected chi connectivity index (χ4v) is 2.40. The van der Waals surface area contributed by atoms with Crippen molar-refractivity contribution in [3.8, 4) is 6.07 Å². The quantitative estimate of drug-likeness (QED) is 0.857. The first-order chi connectivity index (χ1) is 8.63. The van der Waals surface area contributed by atoms with Gasteiger partial charge < -0.3 is 10.6 Å². The van der Waals surface area contributed by atoms with Gasteiger partial charge in [-0.15, -0.1) is 0 Å². The van der Waals surface area contributed by atoms with Crippen LogP contribution in [0.25, 0.3) is 0 Å². The van der Waals surface area contributed by atoms with Crippen LogP contribution in [-0.2, 0) is 6.54 Å². The summed E-state index contributed by atoms with van der Waals surface area (Å²) in [5.74, 6) is 1.13. The molecule has 0 aliphatic heterocycles. The van der Waals surface area contributed by atoms with Crippen LogP contribution in [0.2, 0.25) is 0 Å². The highest BCUT2D eigenvalue weighted by molar-refractivity contribution is 7.98. The highest BCUT2D eigenvalue weighted by atomic mass is 32.2. The van der Waals surface area contributed by atoms with Crippen molar-refractivity contribution in [2.75, 3.05) is 24.0 Å². The van der Waals surface area contributed by atoms with Crippen LogP contribution in [0.1, 0.15) is 24.5 Å². The Balaban J connectivity index is 2.91. The summed E-state index contributed by atoms with van der Waals surface area (Å²) in [7, 11) is 2.04. The molecule has 0 aromatic heterocycles.